The Hall–Kier alpha value is -0.960. The summed E-state index contributed by atoms with van der Waals surface area (Å²) in [5.74, 6) is -0.629. The van der Waals surface area contributed by atoms with Crippen molar-refractivity contribution in [1.82, 2.24) is 10.0 Å². The molecule has 1 aromatic rings. The molecule has 0 spiro atoms. The van der Waals surface area contributed by atoms with Gasteiger partial charge in [-0.15, -0.1) is 11.3 Å². The first kappa shape index (κ1) is 15.4. The molecule has 8 heteroatoms. The molecule has 2 atom stereocenters. The second-order valence-corrected chi connectivity index (χ2v) is 7.32. The molecule has 0 aromatic carbocycles. The third-order valence-corrected chi connectivity index (χ3v) is 5.91. The molecule has 0 aliphatic carbocycles. The fourth-order valence-electron chi connectivity index (χ4n) is 2.22. The third-order valence-electron chi connectivity index (χ3n) is 3.36. The Morgan fingerprint density at radius 1 is 1.55 bits per heavy atom. The van der Waals surface area contributed by atoms with Gasteiger partial charge < -0.3 is 10.1 Å². The topological polar surface area (TPSA) is 84.5 Å². The van der Waals surface area contributed by atoms with Gasteiger partial charge in [0.15, 0.2) is 0 Å². The van der Waals surface area contributed by atoms with E-state index < -0.39 is 16.0 Å². The van der Waals surface area contributed by atoms with Crippen LogP contribution in [0.15, 0.2) is 16.3 Å². The predicted octanol–water partition coefficient (Wildman–Crippen LogP) is 0.954. The number of carbonyl (C=O) groups excluding carboxylic acids is 1. The van der Waals surface area contributed by atoms with E-state index in [2.05, 4.69) is 14.8 Å². The van der Waals surface area contributed by atoms with Crippen LogP contribution in [0.1, 0.15) is 29.4 Å². The monoisotopic (exact) mass is 318 g/mol. The van der Waals surface area contributed by atoms with E-state index >= 15 is 0 Å². The number of methoxy groups -OCH3 is 1. The van der Waals surface area contributed by atoms with Gasteiger partial charge in [-0.25, -0.2) is 17.9 Å². The van der Waals surface area contributed by atoms with Crippen LogP contribution >= 0.6 is 11.3 Å². The quantitative estimate of drug-likeness (QED) is 0.808. The van der Waals surface area contributed by atoms with Crippen molar-refractivity contribution < 1.29 is 17.9 Å². The molecule has 0 radical (unpaired) electrons. The minimum absolute atomic E-state index is 0.00729. The van der Waals surface area contributed by atoms with Crippen LogP contribution in [-0.2, 0) is 14.8 Å². The number of rotatable bonds is 4. The number of piperidine rings is 1. The largest absolute Gasteiger partial charge is 0.465 e. The van der Waals surface area contributed by atoms with Gasteiger partial charge >= 0.3 is 5.97 Å². The second kappa shape index (κ2) is 6.21. The number of hydrogen-bond acceptors (Lipinski definition) is 6. The molecule has 1 aliphatic rings. The summed E-state index contributed by atoms with van der Waals surface area (Å²) in [4.78, 5) is 11.7. The van der Waals surface area contributed by atoms with E-state index in [1.807, 2.05) is 6.92 Å². The summed E-state index contributed by atoms with van der Waals surface area (Å²) in [5, 5.41) is 4.81. The molecule has 6 nitrogen and oxygen atoms in total. The average Bonchev–Trinajstić information content (AvgIpc) is 2.90. The van der Waals surface area contributed by atoms with Crippen LogP contribution in [0, 0.1) is 0 Å². The Morgan fingerprint density at radius 2 is 2.30 bits per heavy atom. The van der Waals surface area contributed by atoms with Crippen molar-refractivity contribution in [2.45, 2.75) is 36.7 Å². The van der Waals surface area contributed by atoms with Gasteiger partial charge in [0.2, 0.25) is 10.0 Å². The van der Waals surface area contributed by atoms with Crippen molar-refractivity contribution >= 4 is 27.3 Å². The Morgan fingerprint density at radius 3 is 2.95 bits per heavy atom. The van der Waals surface area contributed by atoms with Crippen LogP contribution in [0.4, 0.5) is 0 Å². The first-order valence-electron chi connectivity index (χ1n) is 6.37. The molecule has 2 unspecified atom stereocenters. The Kier molecular flexibility index (Phi) is 4.79. The molecule has 1 aromatic heterocycles. The van der Waals surface area contributed by atoms with Crippen molar-refractivity contribution in [2.24, 2.45) is 0 Å². The van der Waals surface area contributed by atoms with E-state index in [0.717, 1.165) is 30.7 Å². The molecule has 0 saturated carbocycles. The highest BCUT2D eigenvalue weighted by Gasteiger charge is 2.30. The van der Waals surface area contributed by atoms with Gasteiger partial charge in [0, 0.05) is 12.1 Å². The first-order chi connectivity index (χ1) is 9.45. The van der Waals surface area contributed by atoms with Crippen molar-refractivity contribution in [1.29, 1.82) is 0 Å². The molecule has 1 saturated heterocycles. The molecule has 1 fully saturated rings. The number of ether oxygens (including phenoxy) is 1. The molecular weight excluding hydrogens is 300 g/mol. The molecular formula is C12H18N2O4S2. The van der Waals surface area contributed by atoms with Gasteiger partial charge in [-0.3, -0.25) is 0 Å². The molecule has 2 N–H and O–H groups in total. The summed E-state index contributed by atoms with van der Waals surface area (Å²) in [5.41, 5.74) is 0. The summed E-state index contributed by atoms with van der Waals surface area (Å²) in [6, 6.07) is 1.33. The number of nitrogens with one attached hydrogen (secondary N) is 2. The fourth-order valence-corrected chi connectivity index (χ4v) is 4.90. The zero-order chi connectivity index (χ0) is 14.8. The van der Waals surface area contributed by atoms with E-state index in [4.69, 9.17) is 0 Å². The zero-order valence-electron chi connectivity index (χ0n) is 11.4. The van der Waals surface area contributed by atoms with Crippen molar-refractivity contribution in [3.8, 4) is 0 Å². The molecule has 112 valence electrons. The number of carbonyl (C=O) groups is 1. The first-order valence-corrected chi connectivity index (χ1v) is 8.73. The van der Waals surface area contributed by atoms with E-state index in [1.165, 1.54) is 13.2 Å². The predicted molar refractivity (Wildman–Crippen MR) is 76.5 cm³/mol. The van der Waals surface area contributed by atoms with Crippen LogP contribution in [-0.4, -0.2) is 40.1 Å². The van der Waals surface area contributed by atoms with Crippen molar-refractivity contribution in [3.63, 3.8) is 0 Å². The summed E-state index contributed by atoms with van der Waals surface area (Å²) >= 11 is 1.06. The molecule has 0 bridgehead atoms. The lowest BCUT2D eigenvalue weighted by molar-refractivity contribution is 0.0602. The molecule has 1 aliphatic heterocycles. The van der Waals surface area contributed by atoms with E-state index in [0.29, 0.717) is 0 Å². The minimum atomic E-state index is -3.72. The van der Waals surface area contributed by atoms with Crippen LogP contribution in [0.5, 0.6) is 0 Å². The zero-order valence-corrected chi connectivity index (χ0v) is 13.0. The second-order valence-electron chi connectivity index (χ2n) is 4.72. The lowest BCUT2D eigenvalue weighted by Gasteiger charge is -2.30. The van der Waals surface area contributed by atoms with Crippen LogP contribution in [0.2, 0.25) is 0 Å². The average molecular weight is 318 g/mol. The minimum Gasteiger partial charge on any atom is -0.465 e. The molecule has 2 heterocycles. The third kappa shape index (κ3) is 3.20. The highest BCUT2D eigenvalue weighted by Crippen LogP contribution is 2.23. The number of sulfonamides is 1. The van der Waals surface area contributed by atoms with Gasteiger partial charge in [0.25, 0.3) is 0 Å². The van der Waals surface area contributed by atoms with E-state index in [9.17, 15) is 13.2 Å². The SMILES string of the molecule is COC(=O)c1sccc1S(=O)(=O)NC1CCCNC1C. The summed E-state index contributed by atoms with van der Waals surface area (Å²) in [6.45, 7) is 2.84. The summed E-state index contributed by atoms with van der Waals surface area (Å²) < 4.78 is 32.1. The van der Waals surface area contributed by atoms with Gasteiger partial charge in [-0.1, -0.05) is 0 Å². The van der Waals surface area contributed by atoms with Crippen LogP contribution in [0.3, 0.4) is 0 Å². The van der Waals surface area contributed by atoms with Gasteiger partial charge in [0.1, 0.15) is 9.77 Å². The highest BCUT2D eigenvalue weighted by atomic mass is 32.2. The highest BCUT2D eigenvalue weighted by molar-refractivity contribution is 7.89. The van der Waals surface area contributed by atoms with Crippen molar-refractivity contribution in [2.75, 3.05) is 13.7 Å². The van der Waals surface area contributed by atoms with Gasteiger partial charge in [0.05, 0.1) is 7.11 Å². The molecule has 2 rings (SSSR count). The lowest BCUT2D eigenvalue weighted by atomic mass is 10.0. The Balaban J connectivity index is 2.22. The summed E-state index contributed by atoms with van der Waals surface area (Å²) in [6.07, 6.45) is 1.70. The summed E-state index contributed by atoms with van der Waals surface area (Å²) in [7, 11) is -2.48. The Bertz CT molecular complexity index is 582. The fraction of sp³-hybridized carbons (Fsp3) is 0.583. The number of esters is 1. The maximum atomic E-state index is 12.4. The van der Waals surface area contributed by atoms with Crippen molar-refractivity contribution in [3.05, 3.63) is 16.3 Å². The van der Waals surface area contributed by atoms with E-state index in [-0.39, 0.29) is 21.9 Å². The maximum absolute atomic E-state index is 12.4. The standard InChI is InChI=1S/C12H18N2O4S2/c1-8-9(4-3-6-13-8)14-20(16,17)10-5-7-19-11(10)12(15)18-2/h5,7-9,13-14H,3-4,6H2,1-2H3. The maximum Gasteiger partial charge on any atom is 0.349 e. The Labute approximate surface area is 122 Å². The smallest absolute Gasteiger partial charge is 0.349 e. The van der Waals surface area contributed by atoms with Crippen LogP contribution < -0.4 is 10.0 Å². The molecule has 20 heavy (non-hydrogen) atoms. The van der Waals surface area contributed by atoms with Crippen LogP contribution in [0.25, 0.3) is 0 Å². The molecule has 0 amide bonds. The van der Waals surface area contributed by atoms with Gasteiger partial charge in [-0.2, -0.15) is 0 Å². The normalized spacial score (nSPS) is 23.5. The number of thiophene rings is 1. The lowest BCUT2D eigenvalue weighted by Crippen LogP contribution is -2.51. The van der Waals surface area contributed by atoms with E-state index in [1.54, 1.807) is 5.38 Å². The number of hydrogen-bond donors (Lipinski definition) is 2. The van der Waals surface area contributed by atoms with Gasteiger partial charge in [-0.05, 0) is 37.8 Å².